The highest BCUT2D eigenvalue weighted by Crippen LogP contribution is 2.07. The molecule has 0 aliphatic carbocycles. The highest BCUT2D eigenvalue weighted by Gasteiger charge is 2.21. The standard InChI is InChI=1S/C15H26N2O5/c1-6-7-8-14(22-15(20)10(2)3)16-13(19)9-11(4)17(21)12(5)18/h11,14,21H,2,6-9H2,1,3-5H3,(H,16,19). The molecule has 0 saturated heterocycles. The van der Waals surface area contributed by atoms with Crippen LogP contribution < -0.4 is 5.32 Å². The van der Waals surface area contributed by atoms with E-state index in [1.165, 1.54) is 13.8 Å². The van der Waals surface area contributed by atoms with E-state index in [1.807, 2.05) is 6.92 Å². The second-order valence-electron chi connectivity index (χ2n) is 5.30. The van der Waals surface area contributed by atoms with Gasteiger partial charge in [-0.15, -0.1) is 0 Å². The van der Waals surface area contributed by atoms with Crippen LogP contribution in [0.4, 0.5) is 0 Å². The molecular weight excluding hydrogens is 288 g/mol. The maximum absolute atomic E-state index is 11.9. The van der Waals surface area contributed by atoms with Crippen LogP contribution in [0.5, 0.6) is 0 Å². The van der Waals surface area contributed by atoms with Gasteiger partial charge in [-0.1, -0.05) is 19.9 Å². The summed E-state index contributed by atoms with van der Waals surface area (Å²) in [5.74, 6) is -1.53. The predicted octanol–water partition coefficient (Wildman–Crippen LogP) is 1.75. The van der Waals surface area contributed by atoms with Crippen LogP contribution in [0.2, 0.25) is 0 Å². The zero-order valence-electron chi connectivity index (χ0n) is 13.7. The van der Waals surface area contributed by atoms with E-state index < -0.39 is 30.1 Å². The molecule has 7 nitrogen and oxygen atoms in total. The summed E-state index contributed by atoms with van der Waals surface area (Å²) in [7, 11) is 0. The monoisotopic (exact) mass is 314 g/mol. The zero-order valence-corrected chi connectivity index (χ0v) is 13.7. The number of esters is 1. The first kappa shape index (κ1) is 20.1. The second-order valence-corrected chi connectivity index (χ2v) is 5.30. The van der Waals surface area contributed by atoms with E-state index in [2.05, 4.69) is 11.9 Å². The number of carbonyl (C=O) groups is 3. The highest BCUT2D eigenvalue weighted by atomic mass is 16.6. The van der Waals surface area contributed by atoms with Crippen molar-refractivity contribution >= 4 is 17.8 Å². The van der Waals surface area contributed by atoms with Gasteiger partial charge in [-0.2, -0.15) is 0 Å². The van der Waals surface area contributed by atoms with Gasteiger partial charge in [0.2, 0.25) is 11.8 Å². The summed E-state index contributed by atoms with van der Waals surface area (Å²) in [6.07, 6.45) is 1.33. The molecule has 0 rings (SSSR count). The van der Waals surface area contributed by atoms with Gasteiger partial charge in [-0.3, -0.25) is 14.8 Å². The first-order valence-electron chi connectivity index (χ1n) is 7.33. The Morgan fingerprint density at radius 1 is 1.32 bits per heavy atom. The second kappa shape index (κ2) is 9.94. The lowest BCUT2D eigenvalue weighted by Crippen LogP contribution is -2.43. The van der Waals surface area contributed by atoms with Crippen LogP contribution >= 0.6 is 0 Å². The Morgan fingerprint density at radius 2 is 1.91 bits per heavy atom. The number of ether oxygens (including phenoxy) is 1. The van der Waals surface area contributed by atoms with Crippen LogP contribution in [-0.4, -0.2) is 40.3 Å². The average molecular weight is 314 g/mol. The SMILES string of the molecule is C=C(C)C(=O)OC(CCCC)NC(=O)CC(C)N(O)C(C)=O. The van der Waals surface area contributed by atoms with Gasteiger partial charge in [0.05, 0.1) is 6.04 Å². The van der Waals surface area contributed by atoms with Crippen molar-refractivity contribution in [1.29, 1.82) is 0 Å². The fraction of sp³-hybridized carbons (Fsp3) is 0.667. The van der Waals surface area contributed by atoms with Crippen LogP contribution in [0.15, 0.2) is 12.2 Å². The summed E-state index contributed by atoms with van der Waals surface area (Å²) < 4.78 is 5.16. The van der Waals surface area contributed by atoms with E-state index in [-0.39, 0.29) is 12.0 Å². The van der Waals surface area contributed by atoms with Crippen LogP contribution in [0.1, 0.15) is 53.4 Å². The largest absolute Gasteiger partial charge is 0.438 e. The van der Waals surface area contributed by atoms with Crippen molar-refractivity contribution in [3.8, 4) is 0 Å². The molecule has 2 amide bonds. The number of hydrogen-bond donors (Lipinski definition) is 2. The van der Waals surface area contributed by atoms with Gasteiger partial charge in [0.25, 0.3) is 0 Å². The highest BCUT2D eigenvalue weighted by molar-refractivity contribution is 5.87. The van der Waals surface area contributed by atoms with E-state index in [4.69, 9.17) is 4.74 Å². The minimum atomic E-state index is -0.742. The lowest BCUT2D eigenvalue weighted by atomic mass is 10.2. The Hall–Kier alpha value is -1.89. The minimum absolute atomic E-state index is 0.0939. The summed E-state index contributed by atoms with van der Waals surface area (Å²) in [6, 6.07) is -0.666. The van der Waals surface area contributed by atoms with Crippen molar-refractivity contribution in [2.45, 2.75) is 65.6 Å². The molecule has 0 aromatic carbocycles. The molecule has 7 heteroatoms. The topological polar surface area (TPSA) is 95.9 Å². The number of rotatable bonds is 9. The first-order valence-corrected chi connectivity index (χ1v) is 7.33. The van der Waals surface area contributed by atoms with E-state index in [9.17, 15) is 19.6 Å². The first-order chi connectivity index (χ1) is 10.2. The molecule has 2 unspecified atom stereocenters. The molecule has 0 aliphatic rings. The fourth-order valence-corrected chi connectivity index (χ4v) is 1.68. The minimum Gasteiger partial charge on any atom is -0.438 e. The third-order valence-electron chi connectivity index (χ3n) is 2.96. The smallest absolute Gasteiger partial charge is 0.335 e. The third-order valence-corrected chi connectivity index (χ3v) is 2.96. The van der Waals surface area contributed by atoms with Gasteiger partial charge in [-0.05, 0) is 20.3 Å². The fourth-order valence-electron chi connectivity index (χ4n) is 1.68. The van der Waals surface area contributed by atoms with Crippen molar-refractivity contribution in [3.05, 3.63) is 12.2 Å². The summed E-state index contributed by atoms with van der Waals surface area (Å²) in [6.45, 7) is 9.75. The van der Waals surface area contributed by atoms with Gasteiger partial charge in [0.1, 0.15) is 0 Å². The predicted molar refractivity (Wildman–Crippen MR) is 80.7 cm³/mol. The Labute approximate surface area is 131 Å². The molecule has 0 heterocycles. The van der Waals surface area contributed by atoms with Gasteiger partial charge in [0, 0.05) is 25.3 Å². The molecule has 0 saturated carbocycles. The third kappa shape index (κ3) is 7.78. The summed E-state index contributed by atoms with van der Waals surface area (Å²) in [5.41, 5.74) is 0.252. The maximum atomic E-state index is 11.9. The molecule has 0 fully saturated rings. The van der Waals surface area contributed by atoms with Crippen LogP contribution in [0, 0.1) is 0 Å². The number of unbranched alkanes of at least 4 members (excludes halogenated alkanes) is 1. The molecule has 0 aliphatic heterocycles. The van der Waals surface area contributed by atoms with E-state index >= 15 is 0 Å². The zero-order chi connectivity index (χ0) is 17.3. The van der Waals surface area contributed by atoms with E-state index in [0.29, 0.717) is 11.5 Å². The van der Waals surface area contributed by atoms with Gasteiger partial charge in [-0.25, -0.2) is 9.86 Å². The lowest BCUT2D eigenvalue weighted by Gasteiger charge is -2.23. The number of nitrogens with zero attached hydrogens (tertiary/aromatic N) is 1. The summed E-state index contributed by atoms with van der Waals surface area (Å²) >= 11 is 0. The van der Waals surface area contributed by atoms with E-state index in [0.717, 1.165) is 12.8 Å². The molecular formula is C15H26N2O5. The number of hydroxylamine groups is 2. The van der Waals surface area contributed by atoms with E-state index in [1.54, 1.807) is 6.92 Å². The van der Waals surface area contributed by atoms with Gasteiger partial charge in [0.15, 0.2) is 6.23 Å². The molecule has 126 valence electrons. The quantitative estimate of drug-likeness (QED) is 0.222. The number of carbonyl (C=O) groups excluding carboxylic acids is 3. The van der Waals surface area contributed by atoms with Crippen molar-refractivity contribution in [3.63, 3.8) is 0 Å². The Bertz CT molecular complexity index is 422. The molecule has 0 bridgehead atoms. The molecule has 0 radical (unpaired) electrons. The van der Waals surface area contributed by atoms with Crippen molar-refractivity contribution in [2.24, 2.45) is 0 Å². The normalized spacial score (nSPS) is 13.0. The maximum Gasteiger partial charge on any atom is 0.335 e. The number of nitrogens with one attached hydrogen (secondary N) is 1. The Balaban J connectivity index is 4.57. The van der Waals surface area contributed by atoms with Gasteiger partial charge >= 0.3 is 5.97 Å². The average Bonchev–Trinajstić information content (AvgIpc) is 2.43. The molecule has 0 spiro atoms. The Kier molecular flexibility index (Phi) is 9.09. The lowest BCUT2D eigenvalue weighted by molar-refractivity contribution is -0.173. The molecule has 2 atom stereocenters. The van der Waals surface area contributed by atoms with Crippen LogP contribution in [-0.2, 0) is 19.1 Å². The van der Waals surface area contributed by atoms with Crippen LogP contribution in [0.25, 0.3) is 0 Å². The number of amides is 2. The van der Waals surface area contributed by atoms with Crippen LogP contribution in [0.3, 0.4) is 0 Å². The molecule has 22 heavy (non-hydrogen) atoms. The van der Waals surface area contributed by atoms with Crippen molar-refractivity contribution in [2.75, 3.05) is 0 Å². The summed E-state index contributed by atoms with van der Waals surface area (Å²) in [4.78, 5) is 34.5. The molecule has 2 N–H and O–H groups in total. The van der Waals surface area contributed by atoms with Gasteiger partial charge < -0.3 is 10.1 Å². The Morgan fingerprint density at radius 3 is 2.36 bits per heavy atom. The summed E-state index contributed by atoms with van der Waals surface area (Å²) in [5, 5.41) is 12.5. The van der Waals surface area contributed by atoms with Crippen molar-refractivity contribution < 1.29 is 24.3 Å². The van der Waals surface area contributed by atoms with Crippen molar-refractivity contribution in [1.82, 2.24) is 10.4 Å². The molecule has 0 aromatic rings. The number of hydrogen-bond acceptors (Lipinski definition) is 5. The molecule has 0 aromatic heterocycles.